The third kappa shape index (κ3) is 3.19. The molecule has 5 rings (SSSR count). The van der Waals surface area contributed by atoms with Gasteiger partial charge < -0.3 is 9.32 Å². The number of nitrogens with zero attached hydrogens (tertiary/aromatic N) is 2. The minimum Gasteiger partial charge on any atom is -0.438 e. The van der Waals surface area contributed by atoms with Crippen LogP contribution in [0.5, 0.6) is 0 Å². The minimum absolute atomic E-state index is 0.136. The molecular formula is C24H19N3OS. The maximum Gasteiger partial charge on any atom is 0.222 e. The van der Waals surface area contributed by atoms with E-state index in [1.165, 1.54) is 0 Å². The second kappa shape index (κ2) is 6.87. The fourth-order valence-electron chi connectivity index (χ4n) is 3.41. The van der Waals surface area contributed by atoms with E-state index in [0.29, 0.717) is 5.58 Å². The quantitative estimate of drug-likeness (QED) is 0.411. The summed E-state index contributed by atoms with van der Waals surface area (Å²) < 4.78 is 7.00. The van der Waals surface area contributed by atoms with Crippen LogP contribution in [-0.4, -0.2) is 19.1 Å². The second-order valence-electron chi connectivity index (χ2n) is 7.17. The topological polar surface area (TPSA) is 53.1 Å². The van der Waals surface area contributed by atoms with Gasteiger partial charge in [0.25, 0.3) is 0 Å². The second-order valence-corrected chi connectivity index (χ2v) is 8.20. The van der Waals surface area contributed by atoms with E-state index >= 15 is 0 Å². The van der Waals surface area contributed by atoms with Crippen LogP contribution in [0.4, 0.5) is 5.69 Å². The van der Waals surface area contributed by atoms with Crippen molar-refractivity contribution in [2.24, 2.45) is 0 Å². The molecule has 0 amide bonds. The fraction of sp³-hybridized carbons (Fsp3) is 0.0833. The Morgan fingerprint density at radius 3 is 2.41 bits per heavy atom. The highest BCUT2D eigenvalue weighted by Gasteiger charge is 2.11. The molecule has 142 valence electrons. The van der Waals surface area contributed by atoms with E-state index in [-0.39, 0.29) is 5.55 Å². The number of rotatable bonds is 3. The van der Waals surface area contributed by atoms with Crippen LogP contribution in [-0.2, 0) is 0 Å². The fourth-order valence-corrected chi connectivity index (χ4v) is 4.38. The lowest BCUT2D eigenvalue weighted by atomic mass is 10.0. The van der Waals surface area contributed by atoms with Crippen LogP contribution in [0.1, 0.15) is 0 Å². The molecular weight excluding hydrogens is 378 g/mol. The van der Waals surface area contributed by atoms with Crippen molar-refractivity contribution in [3.8, 4) is 21.7 Å². The van der Waals surface area contributed by atoms with E-state index in [1.807, 2.05) is 56.6 Å². The molecule has 0 bridgehead atoms. The molecule has 0 saturated carbocycles. The van der Waals surface area contributed by atoms with Gasteiger partial charge in [-0.25, -0.2) is 4.98 Å². The lowest BCUT2D eigenvalue weighted by molar-refractivity contribution is 0.536. The first-order valence-electron chi connectivity index (χ1n) is 9.35. The number of thiazole rings is 1. The molecule has 0 aliphatic heterocycles. The van der Waals surface area contributed by atoms with Crippen LogP contribution in [0.25, 0.3) is 42.9 Å². The Kier molecular flexibility index (Phi) is 4.18. The minimum atomic E-state index is 0.136. The zero-order valence-corrected chi connectivity index (χ0v) is 17.0. The molecule has 5 aromatic rings. The lowest BCUT2D eigenvalue weighted by Gasteiger charge is -2.13. The third-order valence-corrected chi connectivity index (χ3v) is 6.08. The Labute approximate surface area is 172 Å². The van der Waals surface area contributed by atoms with Crippen molar-refractivity contribution in [3.63, 3.8) is 0 Å². The zero-order chi connectivity index (χ0) is 20.0. The number of benzene rings is 3. The molecule has 4 nitrogen and oxygen atoms in total. The Hall–Kier alpha value is -3.44. The van der Waals surface area contributed by atoms with Crippen LogP contribution >= 0.6 is 11.3 Å². The van der Waals surface area contributed by atoms with Crippen molar-refractivity contribution >= 4 is 38.2 Å². The lowest BCUT2D eigenvalue weighted by Crippen LogP contribution is -2.07. The average molecular weight is 398 g/mol. The summed E-state index contributed by atoms with van der Waals surface area (Å²) in [6.45, 7) is 0. The SMILES string of the molecule is CN(C)c1ccc(-c2ccc3cc(-c4nc5ccccc5s4)c(=N)oc3c2)cc1. The normalized spacial score (nSPS) is 11.2. The summed E-state index contributed by atoms with van der Waals surface area (Å²) in [6.07, 6.45) is 0. The predicted molar refractivity (Wildman–Crippen MR) is 120 cm³/mol. The van der Waals surface area contributed by atoms with Gasteiger partial charge in [0.2, 0.25) is 5.55 Å². The highest BCUT2D eigenvalue weighted by molar-refractivity contribution is 7.21. The summed E-state index contributed by atoms with van der Waals surface area (Å²) in [5.41, 5.74) is 5.86. The number of hydrogen-bond acceptors (Lipinski definition) is 5. The summed E-state index contributed by atoms with van der Waals surface area (Å²) in [4.78, 5) is 6.75. The number of hydrogen-bond donors (Lipinski definition) is 1. The first kappa shape index (κ1) is 17.6. The van der Waals surface area contributed by atoms with Gasteiger partial charge in [0.1, 0.15) is 10.6 Å². The van der Waals surface area contributed by atoms with Gasteiger partial charge in [0.05, 0.1) is 15.8 Å². The Bertz CT molecular complexity index is 1360. The van der Waals surface area contributed by atoms with Gasteiger partial charge in [-0.3, -0.25) is 5.41 Å². The van der Waals surface area contributed by atoms with Crippen molar-refractivity contribution in [1.82, 2.24) is 4.98 Å². The monoisotopic (exact) mass is 397 g/mol. The molecule has 0 aliphatic rings. The van der Waals surface area contributed by atoms with Crippen molar-refractivity contribution in [3.05, 3.63) is 78.4 Å². The van der Waals surface area contributed by atoms with Crippen molar-refractivity contribution < 1.29 is 4.42 Å². The Morgan fingerprint density at radius 2 is 1.66 bits per heavy atom. The van der Waals surface area contributed by atoms with Gasteiger partial charge in [-0.1, -0.05) is 36.4 Å². The molecule has 3 aromatic carbocycles. The zero-order valence-electron chi connectivity index (χ0n) is 16.1. The summed E-state index contributed by atoms with van der Waals surface area (Å²) in [5, 5.41) is 10.2. The molecule has 0 radical (unpaired) electrons. The maximum absolute atomic E-state index is 8.41. The number of para-hydroxylation sites is 1. The van der Waals surface area contributed by atoms with E-state index in [4.69, 9.17) is 9.83 Å². The molecule has 0 spiro atoms. The van der Waals surface area contributed by atoms with Gasteiger partial charge in [-0.2, -0.15) is 0 Å². The standard InChI is InChI=1S/C24H19N3OS/c1-27(2)18-11-9-15(10-12-18)16-7-8-17-13-19(23(25)28-21(17)14-16)24-26-20-5-3-4-6-22(20)29-24/h3-14,25H,1-2H3. The molecule has 2 heterocycles. The Morgan fingerprint density at radius 1 is 0.897 bits per heavy atom. The van der Waals surface area contributed by atoms with Gasteiger partial charge >= 0.3 is 0 Å². The first-order chi connectivity index (χ1) is 14.1. The highest BCUT2D eigenvalue weighted by Crippen LogP contribution is 2.31. The maximum atomic E-state index is 8.41. The molecule has 29 heavy (non-hydrogen) atoms. The van der Waals surface area contributed by atoms with Crippen molar-refractivity contribution in [2.75, 3.05) is 19.0 Å². The molecule has 0 fully saturated rings. The van der Waals surface area contributed by atoms with Gasteiger partial charge in [-0.15, -0.1) is 11.3 Å². The van der Waals surface area contributed by atoms with Crippen LogP contribution in [0.3, 0.4) is 0 Å². The van der Waals surface area contributed by atoms with Crippen LogP contribution in [0, 0.1) is 5.41 Å². The summed E-state index contributed by atoms with van der Waals surface area (Å²) in [7, 11) is 4.06. The summed E-state index contributed by atoms with van der Waals surface area (Å²) >= 11 is 1.58. The molecule has 5 heteroatoms. The smallest absolute Gasteiger partial charge is 0.222 e. The molecule has 0 aliphatic carbocycles. The van der Waals surface area contributed by atoms with Gasteiger partial charge in [-0.05, 0) is 47.5 Å². The van der Waals surface area contributed by atoms with E-state index in [0.717, 1.165) is 43.0 Å². The number of fused-ring (bicyclic) bond motifs is 2. The first-order valence-corrected chi connectivity index (χ1v) is 10.2. The number of anilines is 1. The molecule has 1 N–H and O–H groups in total. The summed E-state index contributed by atoms with van der Waals surface area (Å²) in [5.74, 6) is 0. The Balaban J connectivity index is 1.58. The van der Waals surface area contributed by atoms with Gasteiger partial charge in [0, 0.05) is 25.2 Å². The average Bonchev–Trinajstić information content (AvgIpc) is 3.17. The van der Waals surface area contributed by atoms with Crippen molar-refractivity contribution in [2.45, 2.75) is 0 Å². The highest BCUT2D eigenvalue weighted by atomic mass is 32.1. The molecule has 2 aromatic heterocycles. The van der Waals surface area contributed by atoms with E-state index in [9.17, 15) is 0 Å². The number of aromatic nitrogens is 1. The van der Waals surface area contributed by atoms with Crippen molar-refractivity contribution in [1.29, 1.82) is 5.41 Å². The van der Waals surface area contributed by atoms with Crippen LogP contribution in [0.2, 0.25) is 0 Å². The van der Waals surface area contributed by atoms with Crippen LogP contribution in [0.15, 0.2) is 77.2 Å². The predicted octanol–water partition coefficient (Wildman–Crippen LogP) is 5.92. The third-order valence-electron chi connectivity index (χ3n) is 5.01. The summed E-state index contributed by atoms with van der Waals surface area (Å²) in [6, 6.07) is 24.6. The van der Waals surface area contributed by atoms with Gasteiger partial charge in [0.15, 0.2) is 0 Å². The largest absolute Gasteiger partial charge is 0.438 e. The van der Waals surface area contributed by atoms with E-state index in [2.05, 4.69) is 40.2 Å². The molecule has 0 atom stereocenters. The van der Waals surface area contributed by atoms with E-state index in [1.54, 1.807) is 11.3 Å². The van der Waals surface area contributed by atoms with E-state index < -0.39 is 0 Å². The van der Waals surface area contributed by atoms with Crippen LogP contribution < -0.4 is 10.5 Å². The molecule has 0 saturated heterocycles. The number of nitrogens with one attached hydrogen (secondary N) is 1. The molecule has 0 unspecified atom stereocenters.